The highest BCUT2D eigenvalue weighted by atomic mass is 16.1. The second kappa shape index (κ2) is 5.07. The highest BCUT2D eigenvalue weighted by Crippen LogP contribution is 2.20. The van der Waals surface area contributed by atoms with E-state index in [0.29, 0.717) is 18.5 Å². The summed E-state index contributed by atoms with van der Waals surface area (Å²) in [5.41, 5.74) is 2.51. The highest BCUT2D eigenvalue weighted by molar-refractivity contribution is 5.97. The van der Waals surface area contributed by atoms with Gasteiger partial charge in [0.1, 0.15) is 0 Å². The number of hydrogen-bond acceptors (Lipinski definition) is 3. The average molecular weight is 271 g/mol. The predicted octanol–water partition coefficient (Wildman–Crippen LogP) is 1.63. The molecule has 0 fully saturated rings. The van der Waals surface area contributed by atoms with E-state index in [1.807, 2.05) is 17.8 Å². The maximum absolute atomic E-state index is 12.1. The Morgan fingerprint density at radius 3 is 2.85 bits per heavy atom. The number of aromatic nitrogens is 3. The Kier molecular flexibility index (Phi) is 3.26. The zero-order valence-corrected chi connectivity index (χ0v) is 11.5. The zero-order chi connectivity index (χ0) is 14.1. The lowest BCUT2D eigenvalue weighted by molar-refractivity contribution is 0.0970. The lowest BCUT2D eigenvalue weighted by Crippen LogP contribution is -2.28. The summed E-state index contributed by atoms with van der Waals surface area (Å²) in [5.74, 6) is 0.143. The molecule has 5 nitrogen and oxygen atoms in total. The molecule has 0 spiro atoms. The molecule has 0 saturated heterocycles. The Labute approximate surface area is 116 Å². The van der Waals surface area contributed by atoms with E-state index in [-0.39, 0.29) is 11.3 Å². The summed E-state index contributed by atoms with van der Waals surface area (Å²) >= 11 is 0. The summed E-state index contributed by atoms with van der Waals surface area (Å²) < 4.78 is 3.55. The first-order chi connectivity index (χ1) is 9.69. The SMILES string of the molecule is CCn1cc(Cn2c3c(ccc2=O)C(=O)CCC3)cn1. The third kappa shape index (κ3) is 2.19. The number of Topliss-reactive ketones (excluding diaryl/α,β-unsaturated/α-hetero) is 1. The first-order valence-electron chi connectivity index (χ1n) is 6.96. The van der Waals surface area contributed by atoms with Gasteiger partial charge in [-0.3, -0.25) is 14.3 Å². The van der Waals surface area contributed by atoms with E-state index in [0.717, 1.165) is 30.6 Å². The van der Waals surface area contributed by atoms with Gasteiger partial charge in [-0.05, 0) is 25.8 Å². The molecule has 3 rings (SSSR count). The molecular weight excluding hydrogens is 254 g/mol. The maximum Gasteiger partial charge on any atom is 0.251 e. The molecular formula is C15H17N3O2. The number of aryl methyl sites for hydroxylation is 1. The maximum atomic E-state index is 12.1. The van der Waals surface area contributed by atoms with Crippen molar-refractivity contribution in [2.24, 2.45) is 0 Å². The number of ketones is 1. The molecule has 0 aliphatic heterocycles. The van der Waals surface area contributed by atoms with E-state index in [9.17, 15) is 9.59 Å². The van der Waals surface area contributed by atoms with Crippen molar-refractivity contribution in [3.8, 4) is 0 Å². The molecule has 0 atom stereocenters. The van der Waals surface area contributed by atoms with E-state index in [1.165, 1.54) is 6.07 Å². The van der Waals surface area contributed by atoms with Crippen LogP contribution in [-0.2, 0) is 19.5 Å². The third-order valence-corrected chi connectivity index (χ3v) is 3.76. The minimum absolute atomic E-state index is 0.0531. The molecule has 0 amide bonds. The summed E-state index contributed by atoms with van der Waals surface area (Å²) in [6.45, 7) is 3.31. The Morgan fingerprint density at radius 2 is 2.10 bits per heavy atom. The number of hydrogen-bond donors (Lipinski definition) is 0. The van der Waals surface area contributed by atoms with Crippen molar-refractivity contribution in [1.29, 1.82) is 0 Å². The smallest absolute Gasteiger partial charge is 0.251 e. The highest BCUT2D eigenvalue weighted by Gasteiger charge is 2.20. The molecule has 0 N–H and O–H groups in total. The molecule has 1 aliphatic carbocycles. The van der Waals surface area contributed by atoms with Crippen LogP contribution >= 0.6 is 0 Å². The molecule has 2 aromatic heterocycles. The Morgan fingerprint density at radius 1 is 1.25 bits per heavy atom. The predicted molar refractivity (Wildman–Crippen MR) is 75.0 cm³/mol. The fourth-order valence-corrected chi connectivity index (χ4v) is 2.71. The first kappa shape index (κ1) is 12.8. The molecule has 0 saturated carbocycles. The van der Waals surface area contributed by atoms with Crippen LogP contribution in [0.15, 0.2) is 29.3 Å². The average Bonchev–Trinajstić information content (AvgIpc) is 2.90. The third-order valence-electron chi connectivity index (χ3n) is 3.76. The van der Waals surface area contributed by atoms with Crippen molar-refractivity contribution < 1.29 is 4.79 Å². The molecule has 0 unspecified atom stereocenters. The number of pyridine rings is 1. The normalized spacial score (nSPS) is 14.3. The van der Waals surface area contributed by atoms with Gasteiger partial charge >= 0.3 is 0 Å². The van der Waals surface area contributed by atoms with Gasteiger partial charge in [-0.25, -0.2) is 0 Å². The van der Waals surface area contributed by atoms with Crippen molar-refractivity contribution in [2.45, 2.75) is 39.3 Å². The standard InChI is InChI=1S/C15H17N3O2/c1-2-17-9-11(8-16-17)10-18-13-4-3-5-14(19)12(13)6-7-15(18)20/h6-9H,2-5,10H2,1H3. The lowest BCUT2D eigenvalue weighted by atomic mass is 9.94. The molecule has 2 aromatic rings. The van der Waals surface area contributed by atoms with E-state index >= 15 is 0 Å². The second-order valence-corrected chi connectivity index (χ2v) is 5.10. The van der Waals surface area contributed by atoms with E-state index in [4.69, 9.17) is 0 Å². The summed E-state index contributed by atoms with van der Waals surface area (Å²) in [7, 11) is 0. The van der Waals surface area contributed by atoms with Gasteiger partial charge in [-0.2, -0.15) is 5.10 Å². The fourth-order valence-electron chi connectivity index (χ4n) is 2.71. The summed E-state index contributed by atoms with van der Waals surface area (Å²) in [4.78, 5) is 24.0. The van der Waals surface area contributed by atoms with Gasteiger partial charge in [0.05, 0.1) is 12.7 Å². The Bertz CT molecular complexity index is 712. The van der Waals surface area contributed by atoms with Gasteiger partial charge < -0.3 is 4.57 Å². The van der Waals surface area contributed by atoms with Gasteiger partial charge in [0.25, 0.3) is 5.56 Å². The minimum atomic E-state index is -0.0531. The van der Waals surface area contributed by atoms with E-state index < -0.39 is 0 Å². The molecule has 1 aliphatic rings. The van der Waals surface area contributed by atoms with Crippen LogP contribution in [0, 0.1) is 0 Å². The van der Waals surface area contributed by atoms with Crippen molar-refractivity contribution in [2.75, 3.05) is 0 Å². The summed E-state index contributed by atoms with van der Waals surface area (Å²) in [6, 6.07) is 3.16. The number of fused-ring (bicyclic) bond motifs is 1. The molecule has 0 aromatic carbocycles. The first-order valence-corrected chi connectivity index (χ1v) is 6.96. The lowest BCUT2D eigenvalue weighted by Gasteiger charge is -2.19. The number of carbonyl (C=O) groups is 1. The van der Waals surface area contributed by atoms with Crippen molar-refractivity contribution in [3.05, 3.63) is 51.7 Å². The topological polar surface area (TPSA) is 56.9 Å². The van der Waals surface area contributed by atoms with Gasteiger partial charge in [0.15, 0.2) is 5.78 Å². The van der Waals surface area contributed by atoms with Gasteiger partial charge in [-0.15, -0.1) is 0 Å². The Hall–Kier alpha value is -2.17. The Balaban J connectivity index is 2.02. The van der Waals surface area contributed by atoms with Crippen LogP contribution in [0.5, 0.6) is 0 Å². The molecule has 0 bridgehead atoms. The van der Waals surface area contributed by atoms with Crippen LogP contribution in [0.2, 0.25) is 0 Å². The van der Waals surface area contributed by atoms with Crippen LogP contribution in [0.3, 0.4) is 0 Å². The van der Waals surface area contributed by atoms with Crippen LogP contribution in [0.4, 0.5) is 0 Å². The van der Waals surface area contributed by atoms with Crippen molar-refractivity contribution >= 4 is 5.78 Å². The number of carbonyl (C=O) groups excluding carboxylic acids is 1. The van der Waals surface area contributed by atoms with Crippen molar-refractivity contribution in [3.63, 3.8) is 0 Å². The molecule has 104 valence electrons. The summed E-state index contributed by atoms with van der Waals surface area (Å²) in [5, 5.41) is 4.22. The van der Waals surface area contributed by atoms with Crippen LogP contribution in [-0.4, -0.2) is 20.1 Å². The largest absolute Gasteiger partial charge is 0.307 e. The number of rotatable bonds is 3. The second-order valence-electron chi connectivity index (χ2n) is 5.10. The number of nitrogens with zero attached hydrogens (tertiary/aromatic N) is 3. The van der Waals surface area contributed by atoms with Gasteiger partial charge in [0, 0.05) is 42.0 Å². The molecule has 20 heavy (non-hydrogen) atoms. The summed E-state index contributed by atoms with van der Waals surface area (Å²) in [6.07, 6.45) is 5.91. The van der Waals surface area contributed by atoms with Gasteiger partial charge in [-0.1, -0.05) is 0 Å². The van der Waals surface area contributed by atoms with Crippen molar-refractivity contribution in [1.82, 2.24) is 14.3 Å². The fraction of sp³-hybridized carbons (Fsp3) is 0.400. The zero-order valence-electron chi connectivity index (χ0n) is 11.5. The van der Waals surface area contributed by atoms with Crippen LogP contribution in [0.25, 0.3) is 0 Å². The quantitative estimate of drug-likeness (QED) is 0.852. The molecule has 5 heteroatoms. The molecule has 2 heterocycles. The van der Waals surface area contributed by atoms with E-state index in [2.05, 4.69) is 5.10 Å². The van der Waals surface area contributed by atoms with Crippen LogP contribution < -0.4 is 5.56 Å². The minimum Gasteiger partial charge on any atom is -0.307 e. The van der Waals surface area contributed by atoms with Gasteiger partial charge in [0.2, 0.25) is 0 Å². The molecule has 0 radical (unpaired) electrons. The monoisotopic (exact) mass is 271 g/mol. The van der Waals surface area contributed by atoms with Crippen LogP contribution in [0.1, 0.15) is 41.4 Å². The van der Waals surface area contributed by atoms with E-state index in [1.54, 1.807) is 16.8 Å².